The van der Waals surface area contributed by atoms with Gasteiger partial charge in [0.15, 0.2) is 0 Å². The minimum absolute atomic E-state index is 0.144. The molecule has 0 aliphatic rings. The highest BCUT2D eigenvalue weighted by Crippen LogP contribution is 2.23. The summed E-state index contributed by atoms with van der Waals surface area (Å²) >= 11 is 0. The molecule has 0 aliphatic carbocycles. The van der Waals surface area contributed by atoms with Crippen LogP contribution in [0.3, 0.4) is 0 Å². The normalized spacial score (nSPS) is 11.8. The lowest BCUT2D eigenvalue weighted by atomic mass is 10.1. The van der Waals surface area contributed by atoms with E-state index in [0.29, 0.717) is 17.0 Å². The van der Waals surface area contributed by atoms with Gasteiger partial charge in [-0.1, -0.05) is 12.1 Å². The van der Waals surface area contributed by atoms with Crippen LogP contribution in [0.4, 0.5) is 5.95 Å². The summed E-state index contributed by atoms with van der Waals surface area (Å²) in [6, 6.07) is 7.34. The van der Waals surface area contributed by atoms with Crippen LogP contribution in [-0.2, 0) is 0 Å². The van der Waals surface area contributed by atoms with Gasteiger partial charge in [0.25, 0.3) is 5.91 Å². The maximum absolute atomic E-state index is 12.5. The van der Waals surface area contributed by atoms with Gasteiger partial charge in [-0.2, -0.15) is 5.10 Å². The van der Waals surface area contributed by atoms with Crippen molar-refractivity contribution in [2.24, 2.45) is 0 Å². The van der Waals surface area contributed by atoms with E-state index < -0.39 is 0 Å². The Hall–Kier alpha value is -3.42. The van der Waals surface area contributed by atoms with Gasteiger partial charge in [-0.05, 0) is 26.0 Å². The molecule has 1 amide bonds. The van der Waals surface area contributed by atoms with Crippen LogP contribution in [0.5, 0.6) is 5.75 Å². The predicted octanol–water partition coefficient (Wildman–Crippen LogP) is 2.05. The molecule has 0 saturated carbocycles. The Bertz CT molecular complexity index is 937. The molecule has 0 aliphatic heterocycles. The highest BCUT2D eigenvalue weighted by molar-refractivity contribution is 5.95. The number of para-hydroxylation sites is 2. The monoisotopic (exact) mass is 352 g/mol. The number of aromatic nitrogens is 4. The molecule has 0 radical (unpaired) electrons. The SMILES string of the molecule is COc1ccccc1-n1cc(C(C)NC(=O)c2cnc(N)nc2C)cn1. The van der Waals surface area contributed by atoms with Crippen molar-refractivity contribution < 1.29 is 9.53 Å². The summed E-state index contributed by atoms with van der Waals surface area (Å²) in [4.78, 5) is 20.4. The number of ether oxygens (including phenoxy) is 1. The summed E-state index contributed by atoms with van der Waals surface area (Å²) in [6.07, 6.45) is 5.00. The Balaban J connectivity index is 1.78. The lowest BCUT2D eigenvalue weighted by Gasteiger charge is -2.13. The lowest BCUT2D eigenvalue weighted by molar-refractivity contribution is 0.0938. The first-order valence-corrected chi connectivity index (χ1v) is 8.07. The smallest absolute Gasteiger partial charge is 0.255 e. The number of nitrogens with one attached hydrogen (secondary N) is 1. The maximum atomic E-state index is 12.5. The van der Waals surface area contributed by atoms with Crippen LogP contribution in [0.15, 0.2) is 42.9 Å². The Kier molecular flexibility index (Phi) is 4.83. The van der Waals surface area contributed by atoms with Gasteiger partial charge in [-0.25, -0.2) is 14.6 Å². The Morgan fingerprint density at radius 1 is 1.31 bits per heavy atom. The quantitative estimate of drug-likeness (QED) is 0.727. The molecule has 0 spiro atoms. The first-order chi connectivity index (χ1) is 12.5. The number of hydrogen-bond donors (Lipinski definition) is 2. The van der Waals surface area contributed by atoms with E-state index in [1.54, 1.807) is 24.9 Å². The molecular formula is C18H20N6O2. The second-order valence-electron chi connectivity index (χ2n) is 5.81. The summed E-state index contributed by atoms with van der Waals surface area (Å²) in [5.74, 6) is 0.596. The third kappa shape index (κ3) is 3.49. The molecule has 3 rings (SSSR count). The number of aryl methyl sites for hydroxylation is 1. The number of anilines is 1. The zero-order valence-electron chi connectivity index (χ0n) is 14.8. The number of nitrogen functional groups attached to an aromatic ring is 1. The summed E-state index contributed by atoms with van der Waals surface area (Å²) in [6.45, 7) is 3.60. The Morgan fingerprint density at radius 3 is 2.81 bits per heavy atom. The average Bonchev–Trinajstić information content (AvgIpc) is 3.11. The lowest BCUT2D eigenvalue weighted by Crippen LogP contribution is -2.27. The van der Waals surface area contributed by atoms with Crippen molar-refractivity contribution in [3.63, 3.8) is 0 Å². The zero-order valence-corrected chi connectivity index (χ0v) is 14.8. The summed E-state index contributed by atoms with van der Waals surface area (Å²) < 4.78 is 7.08. The number of carbonyl (C=O) groups excluding carboxylic acids is 1. The third-order valence-electron chi connectivity index (χ3n) is 4.02. The van der Waals surface area contributed by atoms with Crippen molar-refractivity contribution in [3.8, 4) is 11.4 Å². The predicted molar refractivity (Wildman–Crippen MR) is 97.2 cm³/mol. The molecule has 134 valence electrons. The third-order valence-corrected chi connectivity index (χ3v) is 4.02. The van der Waals surface area contributed by atoms with Gasteiger partial charge in [0.05, 0.1) is 30.6 Å². The van der Waals surface area contributed by atoms with Crippen molar-refractivity contribution >= 4 is 11.9 Å². The topological polar surface area (TPSA) is 108 Å². The molecule has 26 heavy (non-hydrogen) atoms. The second-order valence-corrected chi connectivity index (χ2v) is 5.81. The van der Waals surface area contributed by atoms with Gasteiger partial charge < -0.3 is 15.8 Å². The van der Waals surface area contributed by atoms with E-state index in [1.807, 2.05) is 37.4 Å². The van der Waals surface area contributed by atoms with Crippen LogP contribution in [0, 0.1) is 6.92 Å². The summed E-state index contributed by atoms with van der Waals surface area (Å²) in [7, 11) is 1.61. The van der Waals surface area contributed by atoms with E-state index in [4.69, 9.17) is 10.5 Å². The highest BCUT2D eigenvalue weighted by Gasteiger charge is 2.17. The number of nitrogens with zero attached hydrogens (tertiary/aromatic N) is 4. The minimum atomic E-state index is -0.264. The highest BCUT2D eigenvalue weighted by atomic mass is 16.5. The van der Waals surface area contributed by atoms with Crippen molar-refractivity contribution in [3.05, 3.63) is 59.7 Å². The number of rotatable bonds is 5. The van der Waals surface area contributed by atoms with E-state index >= 15 is 0 Å². The molecule has 8 heteroatoms. The van der Waals surface area contributed by atoms with Gasteiger partial charge in [-0.15, -0.1) is 0 Å². The van der Waals surface area contributed by atoms with Crippen molar-refractivity contribution in [2.45, 2.75) is 19.9 Å². The first kappa shape index (κ1) is 17.4. The second kappa shape index (κ2) is 7.22. The van der Waals surface area contributed by atoms with Crippen LogP contribution < -0.4 is 15.8 Å². The van der Waals surface area contributed by atoms with Gasteiger partial charge in [0.1, 0.15) is 11.4 Å². The molecule has 8 nitrogen and oxygen atoms in total. The van der Waals surface area contributed by atoms with E-state index in [0.717, 1.165) is 11.3 Å². The fourth-order valence-corrected chi connectivity index (χ4v) is 2.58. The van der Waals surface area contributed by atoms with Crippen LogP contribution in [0.2, 0.25) is 0 Å². The first-order valence-electron chi connectivity index (χ1n) is 8.07. The molecule has 1 atom stereocenters. The molecule has 1 unspecified atom stereocenters. The standard InChI is InChI=1S/C18H20N6O2/c1-11(22-17(25)14-9-20-18(19)23-12(14)2)13-8-21-24(10-13)15-6-4-5-7-16(15)26-3/h4-11H,1-3H3,(H,22,25)(H2,19,20,23). The van der Waals surface area contributed by atoms with E-state index in [1.165, 1.54) is 6.20 Å². The van der Waals surface area contributed by atoms with Crippen molar-refractivity contribution in [1.29, 1.82) is 0 Å². The Labute approximate surface area is 151 Å². The fourth-order valence-electron chi connectivity index (χ4n) is 2.58. The van der Waals surface area contributed by atoms with Crippen LogP contribution in [0.1, 0.15) is 34.6 Å². The molecule has 0 fully saturated rings. The van der Waals surface area contributed by atoms with Gasteiger partial charge >= 0.3 is 0 Å². The number of hydrogen-bond acceptors (Lipinski definition) is 6. The number of amides is 1. The number of benzene rings is 1. The molecule has 3 N–H and O–H groups in total. The van der Waals surface area contributed by atoms with E-state index in [2.05, 4.69) is 20.4 Å². The Morgan fingerprint density at radius 2 is 2.08 bits per heavy atom. The molecule has 2 heterocycles. The molecule has 2 aromatic heterocycles. The molecular weight excluding hydrogens is 332 g/mol. The van der Waals surface area contributed by atoms with E-state index in [9.17, 15) is 4.79 Å². The number of nitrogens with two attached hydrogens (primary N) is 1. The zero-order chi connectivity index (χ0) is 18.7. The molecule has 3 aromatic rings. The molecule has 0 bridgehead atoms. The number of methoxy groups -OCH3 is 1. The molecule has 1 aromatic carbocycles. The van der Waals surface area contributed by atoms with Gasteiger partial charge in [-0.3, -0.25) is 4.79 Å². The average molecular weight is 352 g/mol. The van der Waals surface area contributed by atoms with Crippen LogP contribution >= 0.6 is 0 Å². The largest absolute Gasteiger partial charge is 0.494 e. The summed E-state index contributed by atoms with van der Waals surface area (Å²) in [5, 5.41) is 7.29. The minimum Gasteiger partial charge on any atom is -0.494 e. The fraction of sp³-hybridized carbons (Fsp3) is 0.222. The van der Waals surface area contributed by atoms with Gasteiger partial charge in [0, 0.05) is 18.0 Å². The van der Waals surface area contributed by atoms with Crippen LogP contribution in [-0.4, -0.2) is 32.8 Å². The van der Waals surface area contributed by atoms with E-state index in [-0.39, 0.29) is 17.9 Å². The van der Waals surface area contributed by atoms with Crippen LogP contribution in [0.25, 0.3) is 5.69 Å². The summed E-state index contributed by atoms with van der Waals surface area (Å²) in [5.41, 5.74) is 8.13. The number of carbonyl (C=O) groups is 1. The van der Waals surface area contributed by atoms with Crippen molar-refractivity contribution in [1.82, 2.24) is 25.1 Å². The van der Waals surface area contributed by atoms with Gasteiger partial charge in [0.2, 0.25) is 5.95 Å². The maximum Gasteiger partial charge on any atom is 0.255 e. The van der Waals surface area contributed by atoms with Crippen molar-refractivity contribution in [2.75, 3.05) is 12.8 Å². The molecule has 0 saturated heterocycles.